The van der Waals surface area contributed by atoms with Gasteiger partial charge in [0.25, 0.3) is 5.22 Å². The Labute approximate surface area is 109 Å². The summed E-state index contributed by atoms with van der Waals surface area (Å²) in [5.41, 5.74) is 2.95. The predicted octanol–water partition coefficient (Wildman–Crippen LogP) is 3.62. The van der Waals surface area contributed by atoms with Gasteiger partial charge in [0.2, 0.25) is 0 Å². The Morgan fingerprint density at radius 2 is 1.78 bits per heavy atom. The molecule has 0 bridgehead atoms. The summed E-state index contributed by atoms with van der Waals surface area (Å²) in [7, 11) is 0. The zero-order valence-corrected chi connectivity index (χ0v) is 10.5. The number of nitrogens with zero attached hydrogens (tertiary/aromatic N) is 1. The van der Waals surface area contributed by atoms with E-state index in [4.69, 9.17) is 4.42 Å². The zero-order valence-electron chi connectivity index (χ0n) is 9.67. The van der Waals surface area contributed by atoms with Crippen LogP contribution in [0.2, 0.25) is 0 Å². The van der Waals surface area contributed by atoms with Gasteiger partial charge in [0.1, 0.15) is 5.52 Å². The van der Waals surface area contributed by atoms with Crippen molar-refractivity contribution in [2.45, 2.75) is 11.8 Å². The molecule has 0 aliphatic carbocycles. The first kappa shape index (κ1) is 11.3. The van der Waals surface area contributed by atoms with Crippen molar-refractivity contribution in [1.29, 1.82) is 0 Å². The first-order chi connectivity index (χ1) is 8.92. The molecule has 0 atom stereocenters. The molecule has 3 rings (SSSR count). The van der Waals surface area contributed by atoms with Crippen molar-refractivity contribution in [3.8, 4) is 0 Å². The van der Waals surface area contributed by atoms with Crippen LogP contribution in [-0.2, 0) is 6.54 Å². The highest BCUT2D eigenvalue weighted by molar-refractivity contribution is 7.97. The van der Waals surface area contributed by atoms with E-state index in [1.165, 1.54) is 17.5 Å². The van der Waals surface area contributed by atoms with Gasteiger partial charge >= 0.3 is 0 Å². The monoisotopic (exact) mass is 256 g/mol. The molecule has 1 heterocycles. The van der Waals surface area contributed by atoms with E-state index in [0.717, 1.165) is 17.6 Å². The molecule has 0 fully saturated rings. The normalized spacial score (nSPS) is 10.9. The van der Waals surface area contributed by atoms with Crippen molar-refractivity contribution >= 4 is 23.0 Å². The Balaban J connectivity index is 1.63. The standard InChI is InChI=1S/C14H12N2OS/c1-2-6-11(7-3-1)10-15-18-14-16-12-8-4-5-9-13(12)17-14/h1-9,15H,10H2. The first-order valence-electron chi connectivity index (χ1n) is 5.71. The average Bonchev–Trinajstić information content (AvgIpc) is 2.82. The highest BCUT2D eigenvalue weighted by Crippen LogP contribution is 2.21. The Morgan fingerprint density at radius 1 is 1.00 bits per heavy atom. The SMILES string of the molecule is c1ccc(CNSc2nc3ccccc3o2)cc1. The molecule has 18 heavy (non-hydrogen) atoms. The summed E-state index contributed by atoms with van der Waals surface area (Å²) in [6.45, 7) is 0.782. The van der Waals surface area contributed by atoms with E-state index in [1.807, 2.05) is 42.5 Å². The summed E-state index contributed by atoms with van der Waals surface area (Å²) in [5.74, 6) is 0. The quantitative estimate of drug-likeness (QED) is 0.723. The van der Waals surface area contributed by atoms with E-state index < -0.39 is 0 Å². The summed E-state index contributed by atoms with van der Waals surface area (Å²) >= 11 is 1.41. The number of hydrogen-bond acceptors (Lipinski definition) is 4. The molecule has 3 nitrogen and oxygen atoms in total. The maximum atomic E-state index is 5.60. The van der Waals surface area contributed by atoms with Gasteiger partial charge in [-0.1, -0.05) is 42.5 Å². The van der Waals surface area contributed by atoms with Crippen LogP contribution in [0.1, 0.15) is 5.56 Å². The van der Waals surface area contributed by atoms with Crippen LogP contribution in [0.25, 0.3) is 11.1 Å². The highest BCUT2D eigenvalue weighted by Gasteiger charge is 2.04. The number of para-hydroxylation sites is 2. The van der Waals surface area contributed by atoms with Gasteiger partial charge in [0.05, 0.1) is 0 Å². The van der Waals surface area contributed by atoms with Gasteiger partial charge < -0.3 is 4.42 Å². The molecule has 0 unspecified atom stereocenters. The third kappa shape index (κ3) is 2.55. The lowest BCUT2D eigenvalue weighted by Crippen LogP contribution is -2.02. The number of aromatic nitrogens is 1. The van der Waals surface area contributed by atoms with E-state index >= 15 is 0 Å². The number of hydrogen-bond donors (Lipinski definition) is 1. The number of fused-ring (bicyclic) bond motifs is 1. The first-order valence-corrected chi connectivity index (χ1v) is 6.53. The molecule has 0 saturated carbocycles. The van der Waals surface area contributed by atoms with Crippen LogP contribution in [-0.4, -0.2) is 4.98 Å². The maximum Gasteiger partial charge on any atom is 0.272 e. The second-order valence-electron chi connectivity index (χ2n) is 3.86. The van der Waals surface area contributed by atoms with E-state index in [9.17, 15) is 0 Å². The Morgan fingerprint density at radius 3 is 2.61 bits per heavy atom. The molecule has 0 spiro atoms. The molecule has 0 amide bonds. The lowest BCUT2D eigenvalue weighted by atomic mass is 10.2. The fourth-order valence-corrected chi connectivity index (χ4v) is 2.31. The molecule has 1 N–H and O–H groups in total. The van der Waals surface area contributed by atoms with Gasteiger partial charge in [-0.05, 0) is 17.7 Å². The van der Waals surface area contributed by atoms with Crippen LogP contribution < -0.4 is 4.72 Å². The molecule has 3 aromatic rings. The van der Waals surface area contributed by atoms with Crippen molar-refractivity contribution in [1.82, 2.24) is 9.71 Å². The summed E-state index contributed by atoms with van der Waals surface area (Å²) < 4.78 is 8.83. The van der Waals surface area contributed by atoms with Gasteiger partial charge in [0.15, 0.2) is 5.58 Å². The minimum atomic E-state index is 0.645. The maximum absolute atomic E-state index is 5.60. The summed E-state index contributed by atoms with van der Waals surface area (Å²) in [4.78, 5) is 4.38. The lowest BCUT2D eigenvalue weighted by molar-refractivity contribution is 0.488. The van der Waals surface area contributed by atoms with Crippen molar-refractivity contribution in [2.75, 3.05) is 0 Å². The van der Waals surface area contributed by atoms with E-state index in [0.29, 0.717) is 5.22 Å². The smallest absolute Gasteiger partial charge is 0.272 e. The van der Waals surface area contributed by atoms with Crippen molar-refractivity contribution in [2.24, 2.45) is 0 Å². The van der Waals surface area contributed by atoms with Crippen molar-refractivity contribution in [3.63, 3.8) is 0 Å². The van der Waals surface area contributed by atoms with E-state index in [-0.39, 0.29) is 0 Å². The van der Waals surface area contributed by atoms with E-state index in [2.05, 4.69) is 21.8 Å². The summed E-state index contributed by atoms with van der Waals surface area (Å²) in [5, 5.41) is 0.645. The Hall–Kier alpha value is -1.78. The van der Waals surface area contributed by atoms with Gasteiger partial charge in [-0.15, -0.1) is 0 Å². The number of nitrogens with one attached hydrogen (secondary N) is 1. The van der Waals surface area contributed by atoms with Gasteiger partial charge in [0, 0.05) is 18.5 Å². The molecule has 0 aliphatic rings. The number of rotatable bonds is 4. The molecule has 0 radical (unpaired) electrons. The summed E-state index contributed by atoms with van der Waals surface area (Å²) in [6.07, 6.45) is 0. The number of oxazole rings is 1. The highest BCUT2D eigenvalue weighted by atomic mass is 32.2. The molecular weight excluding hydrogens is 244 g/mol. The van der Waals surface area contributed by atoms with E-state index in [1.54, 1.807) is 0 Å². The molecule has 4 heteroatoms. The summed E-state index contributed by atoms with van der Waals surface area (Å²) in [6, 6.07) is 18.0. The second-order valence-corrected chi connectivity index (χ2v) is 4.70. The van der Waals surface area contributed by atoms with Crippen LogP contribution in [0.4, 0.5) is 0 Å². The van der Waals surface area contributed by atoms with Crippen LogP contribution in [0, 0.1) is 0 Å². The molecule has 1 aromatic heterocycles. The Bertz CT molecular complexity index is 603. The van der Waals surface area contributed by atoms with Crippen LogP contribution in [0.15, 0.2) is 64.2 Å². The van der Waals surface area contributed by atoms with Crippen molar-refractivity contribution in [3.05, 3.63) is 60.2 Å². The van der Waals surface area contributed by atoms with Gasteiger partial charge in [-0.3, -0.25) is 4.72 Å². The minimum Gasteiger partial charge on any atom is -0.430 e. The van der Waals surface area contributed by atoms with Gasteiger partial charge in [-0.25, -0.2) is 4.98 Å². The van der Waals surface area contributed by atoms with Crippen molar-refractivity contribution < 1.29 is 4.42 Å². The molecule has 90 valence electrons. The van der Waals surface area contributed by atoms with Crippen LogP contribution in [0.5, 0.6) is 0 Å². The largest absolute Gasteiger partial charge is 0.430 e. The number of benzene rings is 2. The Kier molecular flexibility index (Phi) is 3.30. The molecular formula is C14H12N2OS. The average molecular weight is 256 g/mol. The fraction of sp³-hybridized carbons (Fsp3) is 0.0714. The minimum absolute atomic E-state index is 0.645. The molecule has 2 aromatic carbocycles. The predicted molar refractivity (Wildman–Crippen MR) is 73.1 cm³/mol. The zero-order chi connectivity index (χ0) is 12.2. The molecule has 0 saturated heterocycles. The topological polar surface area (TPSA) is 38.1 Å². The third-order valence-corrected chi connectivity index (χ3v) is 3.19. The second kappa shape index (κ2) is 5.25. The fourth-order valence-electron chi connectivity index (χ4n) is 1.67. The van der Waals surface area contributed by atoms with Gasteiger partial charge in [-0.2, -0.15) is 0 Å². The third-order valence-electron chi connectivity index (χ3n) is 2.55. The molecule has 0 aliphatic heterocycles. The van der Waals surface area contributed by atoms with Crippen LogP contribution >= 0.6 is 11.9 Å². The lowest BCUT2D eigenvalue weighted by Gasteiger charge is -2.00. The van der Waals surface area contributed by atoms with Crippen LogP contribution in [0.3, 0.4) is 0 Å².